The van der Waals surface area contributed by atoms with Gasteiger partial charge in [0, 0.05) is 21.9 Å². The highest BCUT2D eigenvalue weighted by Gasteiger charge is 2.10. The minimum atomic E-state index is 0.798. The van der Waals surface area contributed by atoms with Crippen molar-refractivity contribution in [2.24, 2.45) is 0 Å². The molecule has 4 rings (SSSR count). The Labute approximate surface area is 103 Å². The van der Waals surface area contributed by atoms with Crippen LogP contribution >= 0.6 is 0 Å². The quantitative estimate of drug-likeness (QED) is 0.543. The third-order valence-electron chi connectivity index (χ3n) is 3.21. The molecule has 0 aliphatic heterocycles. The molecule has 1 radical (unpaired) electrons. The monoisotopic (exact) mass is 233 g/mol. The fourth-order valence-corrected chi connectivity index (χ4v) is 2.39. The number of rotatable bonds is 1. The summed E-state index contributed by atoms with van der Waals surface area (Å²) in [5.74, 6) is 0. The Bertz CT molecular complexity index is 828. The molecule has 3 heteroatoms. The van der Waals surface area contributed by atoms with Gasteiger partial charge in [0.2, 0.25) is 0 Å². The zero-order chi connectivity index (χ0) is 11.9. The number of hydrogen-bond acceptors (Lipinski definition) is 2. The fourth-order valence-electron chi connectivity index (χ4n) is 2.39. The summed E-state index contributed by atoms with van der Waals surface area (Å²) in [6.07, 6.45) is 4.10. The van der Waals surface area contributed by atoms with Crippen LogP contribution in [0.2, 0.25) is 0 Å². The average Bonchev–Trinajstić information content (AvgIpc) is 3.05. The molecule has 0 saturated heterocycles. The number of nitrogens with one attached hydrogen (secondary N) is 1. The molecule has 0 unspecified atom stereocenters. The number of aromatic nitrogens is 2. The van der Waals surface area contributed by atoms with E-state index in [0.717, 1.165) is 22.3 Å². The van der Waals surface area contributed by atoms with E-state index in [0.29, 0.717) is 0 Å². The number of nitrogens with zero attached hydrogens (tertiary/aromatic N) is 1. The number of benzene rings is 2. The first-order chi connectivity index (χ1) is 8.93. The van der Waals surface area contributed by atoms with E-state index in [2.05, 4.69) is 34.6 Å². The molecule has 0 bridgehead atoms. The molecular formula is C15H9N2O. The maximum atomic E-state index is 4.94. The Hall–Kier alpha value is -2.55. The van der Waals surface area contributed by atoms with Crippen LogP contribution in [0.4, 0.5) is 0 Å². The van der Waals surface area contributed by atoms with Gasteiger partial charge in [-0.2, -0.15) is 0 Å². The van der Waals surface area contributed by atoms with Gasteiger partial charge in [-0.25, -0.2) is 4.98 Å². The van der Waals surface area contributed by atoms with Gasteiger partial charge in [-0.3, -0.25) is 0 Å². The highest BCUT2D eigenvalue weighted by atomic mass is 16.3. The van der Waals surface area contributed by atoms with E-state index in [-0.39, 0.29) is 0 Å². The maximum Gasteiger partial charge on any atom is 0.284 e. The lowest BCUT2D eigenvalue weighted by Crippen LogP contribution is -1.79. The van der Waals surface area contributed by atoms with Crippen molar-refractivity contribution >= 4 is 21.8 Å². The van der Waals surface area contributed by atoms with Crippen LogP contribution < -0.4 is 0 Å². The van der Waals surface area contributed by atoms with Crippen LogP contribution in [0.15, 0.2) is 53.1 Å². The van der Waals surface area contributed by atoms with E-state index in [1.54, 1.807) is 6.26 Å². The summed E-state index contributed by atoms with van der Waals surface area (Å²) in [5, 5.41) is 2.42. The van der Waals surface area contributed by atoms with Crippen LogP contribution in [0.25, 0.3) is 33.1 Å². The summed E-state index contributed by atoms with van der Waals surface area (Å²) in [4.78, 5) is 7.53. The van der Waals surface area contributed by atoms with Gasteiger partial charge in [0.15, 0.2) is 0 Å². The van der Waals surface area contributed by atoms with Crippen LogP contribution in [0.1, 0.15) is 0 Å². The van der Waals surface area contributed by atoms with Gasteiger partial charge in [-0.1, -0.05) is 36.4 Å². The second-order valence-corrected chi connectivity index (χ2v) is 4.22. The van der Waals surface area contributed by atoms with Crippen molar-refractivity contribution in [2.45, 2.75) is 0 Å². The molecule has 0 saturated carbocycles. The number of fused-ring (bicyclic) bond motifs is 3. The lowest BCUT2D eigenvalue weighted by molar-refractivity contribution is 0.548. The first kappa shape index (κ1) is 9.48. The zero-order valence-corrected chi connectivity index (χ0v) is 9.47. The van der Waals surface area contributed by atoms with E-state index in [4.69, 9.17) is 4.42 Å². The SMILES string of the molecule is [c]1nc(-c2cccc3c2[nH]c2ccccc23)co1. The Morgan fingerprint density at radius 1 is 1.00 bits per heavy atom. The summed E-state index contributed by atoms with van der Waals surface area (Å²) in [5.41, 5.74) is 4.05. The van der Waals surface area contributed by atoms with Gasteiger partial charge in [0.25, 0.3) is 6.39 Å². The summed E-state index contributed by atoms with van der Waals surface area (Å²) in [7, 11) is 0. The largest absolute Gasteiger partial charge is 0.440 e. The molecular weight excluding hydrogens is 224 g/mol. The van der Waals surface area contributed by atoms with Crippen LogP contribution in [0, 0.1) is 6.39 Å². The molecule has 2 aromatic heterocycles. The lowest BCUT2D eigenvalue weighted by Gasteiger charge is -1.98. The van der Waals surface area contributed by atoms with E-state index in [1.807, 2.05) is 24.3 Å². The van der Waals surface area contributed by atoms with E-state index in [9.17, 15) is 0 Å². The van der Waals surface area contributed by atoms with Gasteiger partial charge < -0.3 is 9.40 Å². The van der Waals surface area contributed by atoms with Crippen LogP contribution in [0.3, 0.4) is 0 Å². The molecule has 0 spiro atoms. The van der Waals surface area contributed by atoms with Gasteiger partial charge in [0.1, 0.15) is 12.0 Å². The molecule has 0 atom stereocenters. The third kappa shape index (κ3) is 1.21. The maximum absolute atomic E-state index is 4.94. The Kier molecular flexibility index (Phi) is 1.83. The number of aromatic amines is 1. The smallest absolute Gasteiger partial charge is 0.284 e. The number of hydrogen-bond donors (Lipinski definition) is 1. The van der Waals surface area contributed by atoms with Gasteiger partial charge in [-0.05, 0) is 6.07 Å². The lowest BCUT2D eigenvalue weighted by atomic mass is 10.1. The normalized spacial score (nSPS) is 11.3. The Morgan fingerprint density at radius 3 is 2.78 bits per heavy atom. The average molecular weight is 233 g/mol. The van der Waals surface area contributed by atoms with Gasteiger partial charge in [-0.15, -0.1) is 0 Å². The molecule has 2 heterocycles. The Balaban J connectivity index is 2.17. The topological polar surface area (TPSA) is 41.8 Å². The molecule has 0 amide bonds. The van der Waals surface area contributed by atoms with Crippen molar-refractivity contribution in [2.75, 3.05) is 0 Å². The molecule has 0 fully saturated rings. The Morgan fingerprint density at radius 2 is 1.89 bits per heavy atom. The van der Waals surface area contributed by atoms with Crippen molar-refractivity contribution in [3.05, 3.63) is 55.1 Å². The van der Waals surface area contributed by atoms with E-state index < -0.39 is 0 Å². The number of oxazole rings is 1. The third-order valence-corrected chi connectivity index (χ3v) is 3.21. The standard InChI is InChI=1S/C15H9N2O/c1-2-7-13-10(4-1)11-5-3-6-12(15(11)17-13)14-8-18-9-16-14/h1-8,17H. The predicted octanol–water partition coefficient (Wildman–Crippen LogP) is 3.78. The summed E-state index contributed by atoms with van der Waals surface area (Å²) >= 11 is 0. The van der Waals surface area contributed by atoms with E-state index in [1.165, 1.54) is 10.8 Å². The zero-order valence-electron chi connectivity index (χ0n) is 9.47. The fraction of sp³-hybridized carbons (Fsp3) is 0. The summed E-state index contributed by atoms with van der Waals surface area (Å²) in [6, 6.07) is 14.5. The summed E-state index contributed by atoms with van der Waals surface area (Å²) in [6.45, 7) is 0. The van der Waals surface area contributed by atoms with Crippen LogP contribution in [0.5, 0.6) is 0 Å². The molecule has 0 aliphatic rings. The summed E-state index contributed by atoms with van der Waals surface area (Å²) < 4.78 is 4.94. The van der Waals surface area contributed by atoms with Gasteiger partial charge >= 0.3 is 0 Å². The number of H-pyrrole nitrogens is 1. The minimum absolute atomic E-state index is 0.798. The molecule has 18 heavy (non-hydrogen) atoms. The second-order valence-electron chi connectivity index (χ2n) is 4.22. The highest BCUT2D eigenvalue weighted by Crippen LogP contribution is 2.31. The second kappa shape index (κ2) is 3.47. The van der Waals surface area contributed by atoms with Crippen molar-refractivity contribution in [3.8, 4) is 11.3 Å². The minimum Gasteiger partial charge on any atom is -0.440 e. The van der Waals surface area contributed by atoms with Crippen molar-refractivity contribution in [3.63, 3.8) is 0 Å². The van der Waals surface area contributed by atoms with Crippen molar-refractivity contribution < 1.29 is 4.42 Å². The molecule has 1 N–H and O–H groups in total. The molecule has 85 valence electrons. The molecule has 3 nitrogen and oxygen atoms in total. The van der Waals surface area contributed by atoms with Crippen LogP contribution in [-0.4, -0.2) is 9.97 Å². The van der Waals surface area contributed by atoms with E-state index >= 15 is 0 Å². The number of para-hydroxylation sites is 2. The van der Waals surface area contributed by atoms with Crippen molar-refractivity contribution in [1.82, 2.24) is 9.97 Å². The van der Waals surface area contributed by atoms with Crippen molar-refractivity contribution in [1.29, 1.82) is 0 Å². The molecule has 4 aromatic rings. The highest BCUT2D eigenvalue weighted by molar-refractivity contribution is 6.11. The molecule has 0 aliphatic carbocycles. The first-order valence-corrected chi connectivity index (χ1v) is 5.75. The molecule has 2 aromatic carbocycles. The van der Waals surface area contributed by atoms with Gasteiger partial charge in [0.05, 0.1) is 5.52 Å². The van der Waals surface area contributed by atoms with Crippen LogP contribution in [-0.2, 0) is 0 Å². The predicted molar refractivity (Wildman–Crippen MR) is 70.1 cm³/mol. The first-order valence-electron chi connectivity index (χ1n) is 5.75.